The molecule has 2 aromatic rings. The van der Waals surface area contributed by atoms with Gasteiger partial charge in [-0.25, -0.2) is 22.5 Å². The molecular formula is C10H12N4O5S. The molecule has 0 aliphatic carbocycles. The molecule has 108 valence electrons. The number of rotatable bonds is 5. The Labute approximate surface area is 114 Å². The zero-order chi connectivity index (χ0) is 14.9. The summed E-state index contributed by atoms with van der Waals surface area (Å²) >= 11 is 0. The molecule has 0 spiro atoms. The summed E-state index contributed by atoms with van der Waals surface area (Å²) < 4.78 is 31.0. The molecule has 10 heteroatoms. The first kappa shape index (κ1) is 14.2. The Bertz CT molecular complexity index is 730. The second-order valence-corrected chi connectivity index (χ2v) is 6.24. The zero-order valence-electron chi connectivity index (χ0n) is 10.7. The molecule has 0 aromatic carbocycles. The van der Waals surface area contributed by atoms with Gasteiger partial charge in [-0.3, -0.25) is 4.68 Å². The molecule has 1 N–H and O–H groups in total. The minimum absolute atomic E-state index is 0.0347. The minimum Gasteiger partial charge on any atom is -0.476 e. The highest BCUT2D eigenvalue weighted by atomic mass is 32.2. The van der Waals surface area contributed by atoms with Gasteiger partial charge in [0, 0.05) is 20.3 Å². The smallest absolute Gasteiger partial charge is 0.357 e. The third-order valence-corrected chi connectivity index (χ3v) is 4.22. The first-order valence-electron chi connectivity index (χ1n) is 5.43. The molecule has 9 nitrogen and oxygen atoms in total. The van der Waals surface area contributed by atoms with E-state index in [1.165, 1.54) is 31.2 Å². The van der Waals surface area contributed by atoms with Crippen molar-refractivity contribution in [3.8, 4) is 0 Å². The molecular weight excluding hydrogens is 288 g/mol. The van der Waals surface area contributed by atoms with Crippen molar-refractivity contribution in [2.45, 2.75) is 11.4 Å². The van der Waals surface area contributed by atoms with Gasteiger partial charge >= 0.3 is 5.97 Å². The van der Waals surface area contributed by atoms with Crippen LogP contribution in [-0.2, 0) is 16.6 Å². The van der Waals surface area contributed by atoms with Crippen LogP contribution in [0.4, 0.5) is 0 Å². The molecule has 0 fully saturated rings. The van der Waals surface area contributed by atoms with Gasteiger partial charge in [0.15, 0.2) is 5.69 Å². The van der Waals surface area contributed by atoms with Gasteiger partial charge < -0.3 is 9.52 Å². The molecule has 0 radical (unpaired) electrons. The Hall–Kier alpha value is -2.20. The molecule has 2 rings (SSSR count). The van der Waals surface area contributed by atoms with Crippen molar-refractivity contribution in [1.82, 2.24) is 19.1 Å². The lowest BCUT2D eigenvalue weighted by Crippen LogP contribution is -2.21. The van der Waals surface area contributed by atoms with Gasteiger partial charge in [-0.2, -0.15) is 5.10 Å². The maximum atomic E-state index is 11.8. The van der Waals surface area contributed by atoms with E-state index in [1.807, 2.05) is 0 Å². The molecule has 0 atom stereocenters. The Morgan fingerprint density at radius 2 is 2.20 bits per heavy atom. The topological polar surface area (TPSA) is 119 Å². The highest BCUT2D eigenvalue weighted by Crippen LogP contribution is 2.12. The second kappa shape index (κ2) is 5.06. The number of sulfonamides is 1. The van der Waals surface area contributed by atoms with Gasteiger partial charge in [-0.15, -0.1) is 0 Å². The average Bonchev–Trinajstić information content (AvgIpc) is 2.98. The van der Waals surface area contributed by atoms with Crippen LogP contribution < -0.4 is 0 Å². The van der Waals surface area contributed by atoms with E-state index >= 15 is 0 Å². The molecule has 2 aromatic heterocycles. The first-order valence-corrected chi connectivity index (χ1v) is 6.87. The average molecular weight is 300 g/mol. The van der Waals surface area contributed by atoms with Crippen molar-refractivity contribution in [3.05, 3.63) is 30.2 Å². The normalized spacial score (nSPS) is 11.9. The fourth-order valence-corrected chi connectivity index (χ4v) is 2.25. The van der Waals surface area contributed by atoms with Crippen LogP contribution in [0.5, 0.6) is 0 Å². The fraction of sp³-hybridized carbons (Fsp3) is 0.300. The van der Waals surface area contributed by atoms with Gasteiger partial charge in [0.25, 0.3) is 0 Å². The molecule has 0 unspecified atom stereocenters. The van der Waals surface area contributed by atoms with Gasteiger partial charge in [-0.05, 0) is 0 Å². The molecule has 2 heterocycles. The van der Waals surface area contributed by atoms with E-state index in [9.17, 15) is 13.2 Å². The van der Waals surface area contributed by atoms with Crippen LogP contribution in [0.1, 0.15) is 16.4 Å². The number of carboxylic acid groups (broad SMARTS) is 1. The van der Waals surface area contributed by atoms with Crippen LogP contribution in [0.25, 0.3) is 0 Å². The summed E-state index contributed by atoms with van der Waals surface area (Å²) in [5, 5.41) is 12.6. The Balaban J connectivity index is 2.19. The van der Waals surface area contributed by atoms with Crippen LogP contribution in [0.3, 0.4) is 0 Å². The number of oxazole rings is 1. The van der Waals surface area contributed by atoms with Crippen molar-refractivity contribution in [1.29, 1.82) is 0 Å². The van der Waals surface area contributed by atoms with Gasteiger partial charge in [0.05, 0.1) is 6.20 Å². The number of aromatic carboxylic acids is 1. The van der Waals surface area contributed by atoms with Gasteiger partial charge in [-0.1, -0.05) is 0 Å². The quantitative estimate of drug-likeness (QED) is 0.816. The minimum atomic E-state index is -3.55. The Morgan fingerprint density at radius 3 is 2.75 bits per heavy atom. The molecule has 0 aliphatic rings. The maximum Gasteiger partial charge on any atom is 0.357 e. The third kappa shape index (κ3) is 2.70. The highest BCUT2D eigenvalue weighted by Gasteiger charge is 2.19. The lowest BCUT2D eigenvalue weighted by molar-refractivity contribution is 0.0690. The van der Waals surface area contributed by atoms with Crippen LogP contribution in [-0.4, -0.2) is 52.7 Å². The largest absolute Gasteiger partial charge is 0.476 e. The molecule has 0 saturated heterocycles. The van der Waals surface area contributed by atoms with E-state index in [0.717, 1.165) is 10.6 Å². The number of carbonyl (C=O) groups is 1. The van der Waals surface area contributed by atoms with Crippen LogP contribution in [0, 0.1) is 0 Å². The Morgan fingerprint density at radius 1 is 1.50 bits per heavy atom. The van der Waals surface area contributed by atoms with Crippen LogP contribution >= 0.6 is 0 Å². The number of nitrogens with zero attached hydrogens (tertiary/aromatic N) is 4. The van der Waals surface area contributed by atoms with Crippen molar-refractivity contribution in [3.63, 3.8) is 0 Å². The SMILES string of the molecule is CN(C)S(=O)(=O)c1cnn(Cc2nc(C(=O)O)co2)c1. The van der Waals surface area contributed by atoms with E-state index < -0.39 is 16.0 Å². The number of hydrogen-bond acceptors (Lipinski definition) is 6. The fourth-order valence-electron chi connectivity index (χ4n) is 1.40. The molecule has 0 aliphatic heterocycles. The van der Waals surface area contributed by atoms with Crippen molar-refractivity contribution in [2.24, 2.45) is 0 Å². The highest BCUT2D eigenvalue weighted by molar-refractivity contribution is 7.89. The molecule has 0 saturated carbocycles. The summed E-state index contributed by atoms with van der Waals surface area (Å²) in [5.74, 6) is -1.07. The van der Waals surface area contributed by atoms with E-state index in [2.05, 4.69) is 10.1 Å². The third-order valence-electron chi connectivity index (χ3n) is 2.46. The van der Waals surface area contributed by atoms with E-state index in [0.29, 0.717) is 0 Å². The Kier molecular flexibility index (Phi) is 3.59. The number of aromatic nitrogens is 3. The number of hydrogen-bond donors (Lipinski definition) is 1. The van der Waals surface area contributed by atoms with Crippen molar-refractivity contribution < 1.29 is 22.7 Å². The summed E-state index contributed by atoms with van der Waals surface area (Å²) in [5.41, 5.74) is -0.215. The summed E-state index contributed by atoms with van der Waals surface area (Å²) in [6.07, 6.45) is 3.54. The van der Waals surface area contributed by atoms with E-state index in [1.54, 1.807) is 0 Å². The van der Waals surface area contributed by atoms with E-state index in [-0.39, 0.29) is 23.0 Å². The zero-order valence-corrected chi connectivity index (χ0v) is 11.5. The van der Waals surface area contributed by atoms with Crippen LogP contribution in [0.2, 0.25) is 0 Å². The van der Waals surface area contributed by atoms with E-state index in [4.69, 9.17) is 9.52 Å². The maximum absolute atomic E-state index is 11.8. The van der Waals surface area contributed by atoms with Crippen molar-refractivity contribution in [2.75, 3.05) is 14.1 Å². The summed E-state index contributed by atoms with van der Waals surface area (Å²) in [6.45, 7) is 0.0379. The van der Waals surface area contributed by atoms with Crippen LogP contribution in [0.15, 0.2) is 28.0 Å². The lowest BCUT2D eigenvalue weighted by Gasteiger charge is -2.08. The monoisotopic (exact) mass is 300 g/mol. The number of carboxylic acids is 1. The molecule has 20 heavy (non-hydrogen) atoms. The molecule has 0 bridgehead atoms. The van der Waals surface area contributed by atoms with Gasteiger partial charge in [0.1, 0.15) is 17.7 Å². The summed E-state index contributed by atoms with van der Waals surface area (Å²) in [4.78, 5) is 14.4. The van der Waals surface area contributed by atoms with Crippen molar-refractivity contribution >= 4 is 16.0 Å². The standard InChI is InChI=1S/C10H12N4O5S/c1-13(2)20(17,18)7-3-11-14(4-7)5-9-12-8(6-19-9)10(15)16/h3-4,6H,5H2,1-2H3,(H,15,16). The first-order chi connectivity index (χ1) is 9.30. The lowest BCUT2D eigenvalue weighted by atomic mass is 10.5. The van der Waals surface area contributed by atoms with Gasteiger partial charge in [0.2, 0.25) is 15.9 Å². The summed E-state index contributed by atoms with van der Waals surface area (Å²) in [7, 11) is -0.719. The second-order valence-electron chi connectivity index (χ2n) is 4.09. The molecule has 0 amide bonds. The summed E-state index contributed by atoms with van der Waals surface area (Å²) in [6, 6.07) is 0. The predicted octanol–water partition coefficient (Wildman–Crippen LogP) is -0.132. The predicted molar refractivity (Wildman–Crippen MR) is 65.7 cm³/mol.